The van der Waals surface area contributed by atoms with Gasteiger partial charge in [-0.2, -0.15) is 0 Å². The lowest BCUT2D eigenvalue weighted by molar-refractivity contribution is -0.119. The molecule has 0 spiro atoms. The molecule has 1 N–H and O–H groups in total. The topological polar surface area (TPSA) is 49.4 Å². The molecule has 130 valence electrons. The van der Waals surface area contributed by atoms with E-state index < -0.39 is 5.82 Å². The highest BCUT2D eigenvalue weighted by Gasteiger charge is 2.25. The quantitative estimate of drug-likeness (QED) is 0.914. The van der Waals surface area contributed by atoms with Crippen LogP contribution >= 0.6 is 0 Å². The molecule has 0 atom stereocenters. The summed E-state index contributed by atoms with van der Waals surface area (Å²) in [6, 6.07) is 11.1. The molecule has 4 nitrogen and oxygen atoms in total. The Morgan fingerprint density at radius 3 is 2.72 bits per heavy atom. The van der Waals surface area contributed by atoms with Gasteiger partial charge < -0.3 is 10.2 Å². The molecule has 0 aliphatic carbocycles. The first-order valence-electron chi connectivity index (χ1n) is 8.44. The first-order valence-corrected chi connectivity index (χ1v) is 8.44. The maximum Gasteiger partial charge on any atom is 0.255 e. The summed E-state index contributed by atoms with van der Waals surface area (Å²) < 4.78 is 13.3. The Hall–Kier alpha value is -2.69. The number of benzene rings is 2. The number of amides is 2. The molecule has 0 unspecified atom stereocenters. The van der Waals surface area contributed by atoms with Crippen LogP contribution in [-0.4, -0.2) is 18.4 Å². The van der Waals surface area contributed by atoms with Gasteiger partial charge in [0.15, 0.2) is 0 Å². The second-order valence-corrected chi connectivity index (χ2v) is 6.71. The van der Waals surface area contributed by atoms with Crippen LogP contribution in [0, 0.1) is 11.7 Å². The Labute approximate surface area is 146 Å². The molecule has 2 aromatic carbocycles. The number of rotatable bonds is 4. The second-order valence-electron chi connectivity index (χ2n) is 6.71. The van der Waals surface area contributed by atoms with Crippen LogP contribution in [0.25, 0.3) is 0 Å². The number of hydrogen-bond donors (Lipinski definition) is 1. The third-order valence-electron chi connectivity index (χ3n) is 4.17. The van der Waals surface area contributed by atoms with Crippen molar-refractivity contribution in [3.8, 4) is 0 Å². The largest absolute Gasteiger partial charge is 0.322 e. The number of nitrogens with one attached hydrogen (secondary N) is 1. The molecule has 2 amide bonds. The lowest BCUT2D eigenvalue weighted by Gasteiger charge is -2.31. The monoisotopic (exact) mass is 340 g/mol. The van der Waals surface area contributed by atoms with Gasteiger partial charge in [-0.3, -0.25) is 9.59 Å². The van der Waals surface area contributed by atoms with Crippen molar-refractivity contribution in [1.82, 2.24) is 0 Å². The highest BCUT2D eigenvalue weighted by atomic mass is 19.1. The third-order valence-corrected chi connectivity index (χ3v) is 4.17. The number of anilines is 2. The van der Waals surface area contributed by atoms with Gasteiger partial charge in [0.1, 0.15) is 5.82 Å². The van der Waals surface area contributed by atoms with Gasteiger partial charge in [-0.05, 0) is 54.3 Å². The molecule has 0 bridgehead atoms. The van der Waals surface area contributed by atoms with Crippen molar-refractivity contribution in [3.63, 3.8) is 0 Å². The molecule has 0 aromatic heterocycles. The third kappa shape index (κ3) is 3.87. The molecule has 3 rings (SSSR count). The smallest absolute Gasteiger partial charge is 0.255 e. The SMILES string of the molecule is CC(C)CN1C(=O)CCc2cc(NC(=O)c3cccc(F)c3)ccc21. The number of carbonyl (C=O) groups is 2. The minimum atomic E-state index is -0.444. The van der Waals surface area contributed by atoms with Gasteiger partial charge in [0.25, 0.3) is 5.91 Å². The van der Waals surface area contributed by atoms with Crippen LogP contribution in [0.2, 0.25) is 0 Å². The van der Waals surface area contributed by atoms with Crippen LogP contribution in [0.3, 0.4) is 0 Å². The fourth-order valence-corrected chi connectivity index (χ4v) is 3.04. The van der Waals surface area contributed by atoms with Crippen molar-refractivity contribution < 1.29 is 14.0 Å². The predicted molar refractivity (Wildman–Crippen MR) is 96.3 cm³/mol. The molecule has 5 heteroatoms. The number of hydrogen-bond acceptors (Lipinski definition) is 2. The first kappa shape index (κ1) is 17.1. The minimum Gasteiger partial charge on any atom is -0.322 e. The molecule has 0 radical (unpaired) electrons. The molecule has 2 aromatic rings. The second kappa shape index (κ2) is 7.05. The van der Waals surface area contributed by atoms with Gasteiger partial charge in [0.2, 0.25) is 5.91 Å². The molecule has 1 aliphatic rings. The van der Waals surface area contributed by atoms with E-state index in [9.17, 15) is 14.0 Å². The molecule has 25 heavy (non-hydrogen) atoms. The molecule has 0 saturated heterocycles. The van der Waals surface area contributed by atoms with Crippen molar-refractivity contribution in [2.45, 2.75) is 26.7 Å². The Kier molecular flexibility index (Phi) is 4.83. The summed E-state index contributed by atoms with van der Waals surface area (Å²) >= 11 is 0. The normalized spacial score (nSPS) is 13.8. The Morgan fingerprint density at radius 2 is 2.00 bits per heavy atom. The molecule has 1 aliphatic heterocycles. The lowest BCUT2D eigenvalue weighted by atomic mass is 9.99. The van der Waals surface area contributed by atoms with Crippen LogP contribution in [0.15, 0.2) is 42.5 Å². The van der Waals surface area contributed by atoms with Crippen molar-refractivity contribution in [3.05, 3.63) is 59.4 Å². The van der Waals surface area contributed by atoms with E-state index in [1.165, 1.54) is 18.2 Å². The van der Waals surface area contributed by atoms with E-state index in [1.54, 1.807) is 12.1 Å². The number of aryl methyl sites for hydroxylation is 1. The van der Waals surface area contributed by atoms with Gasteiger partial charge in [-0.25, -0.2) is 4.39 Å². The summed E-state index contributed by atoms with van der Waals surface area (Å²) in [6.07, 6.45) is 1.13. The number of nitrogens with zero attached hydrogens (tertiary/aromatic N) is 1. The summed E-state index contributed by atoms with van der Waals surface area (Å²) in [6.45, 7) is 4.84. The molecule has 1 heterocycles. The van der Waals surface area contributed by atoms with Crippen molar-refractivity contribution in [1.29, 1.82) is 0 Å². The van der Waals surface area contributed by atoms with Gasteiger partial charge in [0, 0.05) is 29.9 Å². The fraction of sp³-hybridized carbons (Fsp3) is 0.300. The van der Waals surface area contributed by atoms with Crippen LogP contribution in [0.5, 0.6) is 0 Å². The van der Waals surface area contributed by atoms with Gasteiger partial charge in [-0.15, -0.1) is 0 Å². The van der Waals surface area contributed by atoms with E-state index in [2.05, 4.69) is 19.2 Å². The Balaban J connectivity index is 1.81. The minimum absolute atomic E-state index is 0.137. The van der Waals surface area contributed by atoms with Crippen LogP contribution in [0.1, 0.15) is 36.2 Å². The zero-order chi connectivity index (χ0) is 18.0. The van der Waals surface area contributed by atoms with Crippen LogP contribution in [0.4, 0.5) is 15.8 Å². The lowest BCUT2D eigenvalue weighted by Crippen LogP contribution is -2.37. The molecular weight excluding hydrogens is 319 g/mol. The van der Waals surface area contributed by atoms with E-state index in [-0.39, 0.29) is 17.4 Å². The fourth-order valence-electron chi connectivity index (χ4n) is 3.04. The van der Waals surface area contributed by atoms with E-state index in [4.69, 9.17) is 0 Å². The summed E-state index contributed by atoms with van der Waals surface area (Å²) in [7, 11) is 0. The van der Waals surface area contributed by atoms with E-state index in [0.29, 0.717) is 31.0 Å². The number of halogens is 1. The van der Waals surface area contributed by atoms with Crippen molar-refractivity contribution in [2.24, 2.45) is 5.92 Å². The summed E-state index contributed by atoms with van der Waals surface area (Å²) in [5, 5.41) is 2.79. The van der Waals surface area contributed by atoms with Gasteiger partial charge >= 0.3 is 0 Å². The molecular formula is C20H21FN2O2. The van der Waals surface area contributed by atoms with Crippen LogP contribution in [-0.2, 0) is 11.2 Å². The van der Waals surface area contributed by atoms with E-state index in [1.807, 2.05) is 17.0 Å². The Morgan fingerprint density at radius 1 is 1.20 bits per heavy atom. The maximum absolute atomic E-state index is 13.3. The number of fused-ring (bicyclic) bond motifs is 1. The summed E-state index contributed by atoms with van der Waals surface area (Å²) in [4.78, 5) is 26.3. The Bertz CT molecular complexity index is 817. The molecule has 0 fully saturated rings. The zero-order valence-electron chi connectivity index (χ0n) is 14.4. The number of carbonyl (C=O) groups excluding carboxylic acids is 2. The summed E-state index contributed by atoms with van der Waals surface area (Å²) in [5.74, 6) is -0.286. The van der Waals surface area contributed by atoms with Gasteiger partial charge in [-0.1, -0.05) is 19.9 Å². The molecule has 0 saturated carbocycles. The average molecular weight is 340 g/mol. The average Bonchev–Trinajstić information content (AvgIpc) is 2.57. The predicted octanol–water partition coefficient (Wildman–Crippen LogP) is 4.01. The van der Waals surface area contributed by atoms with Crippen molar-refractivity contribution in [2.75, 3.05) is 16.8 Å². The van der Waals surface area contributed by atoms with Gasteiger partial charge in [0.05, 0.1) is 0 Å². The van der Waals surface area contributed by atoms with Crippen molar-refractivity contribution >= 4 is 23.2 Å². The van der Waals surface area contributed by atoms with E-state index in [0.717, 1.165) is 11.3 Å². The highest BCUT2D eigenvalue weighted by molar-refractivity contribution is 6.04. The van der Waals surface area contributed by atoms with Crippen LogP contribution < -0.4 is 10.2 Å². The maximum atomic E-state index is 13.3. The first-order chi connectivity index (χ1) is 11.9. The zero-order valence-corrected chi connectivity index (χ0v) is 14.4. The standard InChI is InChI=1S/C20H21FN2O2/c1-13(2)12-23-18-8-7-17(11-14(18)6-9-19(23)24)22-20(25)15-4-3-5-16(21)10-15/h3-5,7-8,10-11,13H,6,9,12H2,1-2H3,(H,22,25). The van der Waals surface area contributed by atoms with E-state index >= 15 is 0 Å². The summed E-state index contributed by atoms with van der Waals surface area (Å²) in [5.41, 5.74) is 2.87. The highest BCUT2D eigenvalue weighted by Crippen LogP contribution is 2.31.